The normalized spacial score (nSPS) is 13.2. The van der Waals surface area contributed by atoms with Gasteiger partial charge in [-0.05, 0) is 99.1 Å². The summed E-state index contributed by atoms with van der Waals surface area (Å²) in [6.45, 7) is 7.39. The number of hydrogen-bond donors (Lipinski definition) is 0. The Kier molecular flexibility index (Phi) is 8.71. The van der Waals surface area contributed by atoms with Gasteiger partial charge >= 0.3 is 0 Å². The zero-order chi connectivity index (χ0) is 44.9. The molecule has 0 bridgehead atoms. The molecule has 1 aliphatic heterocycles. The molecule has 0 aliphatic carbocycles. The molecular formula is C60H46N6O. The fourth-order valence-corrected chi connectivity index (χ4v) is 10.7. The molecule has 0 N–H and O–H groups in total. The van der Waals surface area contributed by atoms with Crippen molar-refractivity contribution in [3.63, 3.8) is 0 Å². The summed E-state index contributed by atoms with van der Waals surface area (Å²) in [5.74, 6) is 2.40. The van der Waals surface area contributed by atoms with Crippen LogP contribution < -0.4 is 9.64 Å². The number of pyridine rings is 1. The van der Waals surface area contributed by atoms with E-state index in [1.165, 1.54) is 32.9 Å². The van der Waals surface area contributed by atoms with Crippen molar-refractivity contribution >= 4 is 71.1 Å². The number of ether oxygens (including phenoxy) is 1. The molecule has 8 aromatic carbocycles. The minimum atomic E-state index is 0.764. The van der Waals surface area contributed by atoms with Crippen molar-refractivity contribution < 1.29 is 4.74 Å². The molecule has 0 saturated heterocycles. The minimum absolute atomic E-state index is 0.764. The van der Waals surface area contributed by atoms with E-state index in [-0.39, 0.29) is 0 Å². The first kappa shape index (κ1) is 38.9. The summed E-state index contributed by atoms with van der Waals surface area (Å²) < 4.78 is 13.9. The van der Waals surface area contributed by atoms with E-state index in [1.807, 2.05) is 6.07 Å². The predicted molar refractivity (Wildman–Crippen MR) is 277 cm³/mol. The summed E-state index contributed by atoms with van der Waals surface area (Å²) in [7, 11) is 2.13. The van der Waals surface area contributed by atoms with E-state index in [0.29, 0.717) is 0 Å². The highest BCUT2D eigenvalue weighted by atomic mass is 16.5. The van der Waals surface area contributed by atoms with Crippen molar-refractivity contribution in [2.24, 2.45) is 0 Å². The second-order valence-electron chi connectivity index (χ2n) is 17.8. The molecule has 0 spiro atoms. The number of fused-ring (bicyclic) bond motifs is 9. The van der Waals surface area contributed by atoms with Crippen LogP contribution in [0.2, 0.25) is 0 Å². The number of anilines is 1. The maximum absolute atomic E-state index is 6.69. The molecular weight excluding hydrogens is 821 g/mol. The highest BCUT2D eigenvalue weighted by Crippen LogP contribution is 2.44. The molecule has 0 amide bonds. The van der Waals surface area contributed by atoms with E-state index < -0.39 is 0 Å². The highest BCUT2D eigenvalue weighted by molar-refractivity contribution is 6.12. The van der Waals surface area contributed by atoms with Crippen molar-refractivity contribution in [2.75, 3.05) is 18.6 Å². The summed E-state index contributed by atoms with van der Waals surface area (Å²) in [4.78, 5) is 10.0. The Bertz CT molecular complexity index is 3780. The number of allylic oxidation sites excluding steroid dienone is 2. The van der Waals surface area contributed by atoms with Crippen LogP contribution in [0, 0.1) is 6.92 Å². The summed E-state index contributed by atoms with van der Waals surface area (Å²) in [5.41, 5.74) is 15.9. The third kappa shape index (κ3) is 5.94. The number of hydrogen-bond acceptors (Lipinski definition) is 4. The Morgan fingerprint density at radius 1 is 0.433 bits per heavy atom. The number of para-hydroxylation sites is 5. The Morgan fingerprint density at radius 3 is 1.42 bits per heavy atom. The Balaban J connectivity index is 1.00. The molecule has 7 heteroatoms. The zero-order valence-corrected chi connectivity index (χ0v) is 37.8. The molecule has 4 aromatic heterocycles. The van der Waals surface area contributed by atoms with Gasteiger partial charge in [0.05, 0.1) is 51.1 Å². The van der Waals surface area contributed by atoms with Crippen LogP contribution in [-0.4, -0.2) is 37.3 Å². The quantitative estimate of drug-likeness (QED) is 0.160. The van der Waals surface area contributed by atoms with Crippen LogP contribution in [-0.2, 0) is 0 Å². The average molecular weight is 867 g/mol. The number of rotatable bonds is 7. The van der Waals surface area contributed by atoms with Gasteiger partial charge in [0.2, 0.25) is 0 Å². The first-order chi connectivity index (χ1) is 32.9. The minimum Gasteiger partial charge on any atom is -0.457 e. The second-order valence-corrected chi connectivity index (χ2v) is 17.8. The molecule has 67 heavy (non-hydrogen) atoms. The lowest BCUT2D eigenvalue weighted by Crippen LogP contribution is -2.24. The zero-order valence-electron chi connectivity index (χ0n) is 37.8. The van der Waals surface area contributed by atoms with Crippen molar-refractivity contribution in [3.8, 4) is 39.8 Å². The number of aromatic nitrogens is 4. The monoisotopic (exact) mass is 866 g/mol. The summed E-state index contributed by atoms with van der Waals surface area (Å²) in [5, 5.41) is 7.19. The van der Waals surface area contributed by atoms with Gasteiger partial charge in [-0.15, -0.1) is 0 Å². The highest BCUT2D eigenvalue weighted by Gasteiger charge is 2.25. The van der Waals surface area contributed by atoms with Crippen LogP contribution in [0.5, 0.6) is 11.5 Å². The van der Waals surface area contributed by atoms with E-state index in [2.05, 4.69) is 240 Å². The van der Waals surface area contributed by atoms with Gasteiger partial charge in [-0.1, -0.05) is 103 Å². The first-order valence-electron chi connectivity index (χ1n) is 23.0. The van der Waals surface area contributed by atoms with Crippen molar-refractivity contribution in [3.05, 3.63) is 211 Å². The molecule has 0 unspecified atom stereocenters. The molecule has 13 rings (SSSR count). The molecule has 0 fully saturated rings. The number of aryl methyl sites for hydroxylation is 1. The SMILES string of the molecule is CC1=C(C)N(c2cccc(Oc3ccc4c5ccccc5n(-c5cc(C)c(-c6c(-n7c8ccccc8c8ccccc87)cccc6-n6c7ccccc7c7ccccc76)cn5)c4c3)c2)CN1C. The maximum Gasteiger partial charge on any atom is 0.137 e. The van der Waals surface area contributed by atoms with Crippen LogP contribution >= 0.6 is 0 Å². The van der Waals surface area contributed by atoms with Gasteiger partial charge in [0.1, 0.15) is 17.3 Å². The summed E-state index contributed by atoms with van der Waals surface area (Å²) in [6.07, 6.45) is 2.09. The topological polar surface area (TPSA) is 43.4 Å². The lowest BCUT2D eigenvalue weighted by Gasteiger charge is -2.22. The van der Waals surface area contributed by atoms with E-state index in [9.17, 15) is 0 Å². The molecule has 7 nitrogen and oxygen atoms in total. The van der Waals surface area contributed by atoms with Gasteiger partial charge in [-0.25, -0.2) is 4.98 Å². The predicted octanol–water partition coefficient (Wildman–Crippen LogP) is 15.1. The average Bonchev–Trinajstić information content (AvgIpc) is 4.07. The standard InChI is InChI=1S/C60H46N6O/c1-38-33-59(66-55-28-14-9-23-48(55)49-32-31-43(35-58(49)66)67-42-18-15-17-41(34-42)63-37-62(4)39(2)40(63)3)61-36-50(38)60-56(64-51-24-10-5-19-44(51)45-20-6-11-25-52(45)64)29-16-30-57(60)65-53-26-12-7-21-46(53)47-22-8-13-27-54(47)65/h5-36H,37H2,1-4H3. The van der Waals surface area contributed by atoms with Gasteiger partial charge in [0.25, 0.3) is 0 Å². The summed E-state index contributed by atoms with van der Waals surface area (Å²) in [6, 6.07) is 67.4. The van der Waals surface area contributed by atoms with Crippen LogP contribution in [0.15, 0.2) is 206 Å². The maximum atomic E-state index is 6.69. The van der Waals surface area contributed by atoms with Gasteiger partial charge in [0.15, 0.2) is 0 Å². The molecule has 0 atom stereocenters. The Morgan fingerprint density at radius 2 is 0.910 bits per heavy atom. The number of benzene rings is 8. The van der Waals surface area contributed by atoms with Gasteiger partial charge in [0, 0.05) is 85.9 Å². The fourth-order valence-electron chi connectivity index (χ4n) is 10.7. The molecule has 5 heterocycles. The van der Waals surface area contributed by atoms with Crippen LogP contribution in [0.25, 0.3) is 93.7 Å². The largest absolute Gasteiger partial charge is 0.457 e. The van der Waals surface area contributed by atoms with Crippen molar-refractivity contribution in [2.45, 2.75) is 20.8 Å². The van der Waals surface area contributed by atoms with Gasteiger partial charge in [-0.2, -0.15) is 0 Å². The van der Waals surface area contributed by atoms with Crippen molar-refractivity contribution in [1.29, 1.82) is 0 Å². The first-order valence-corrected chi connectivity index (χ1v) is 23.0. The molecule has 0 saturated carbocycles. The van der Waals surface area contributed by atoms with Crippen LogP contribution in [0.4, 0.5) is 5.69 Å². The lowest BCUT2D eigenvalue weighted by molar-refractivity contribution is 0.459. The van der Waals surface area contributed by atoms with Crippen LogP contribution in [0.3, 0.4) is 0 Å². The summed E-state index contributed by atoms with van der Waals surface area (Å²) >= 11 is 0. The van der Waals surface area contributed by atoms with Gasteiger partial charge in [-0.3, -0.25) is 4.57 Å². The molecule has 1 aliphatic rings. The van der Waals surface area contributed by atoms with E-state index in [1.54, 1.807) is 0 Å². The van der Waals surface area contributed by atoms with Crippen molar-refractivity contribution in [1.82, 2.24) is 23.6 Å². The van der Waals surface area contributed by atoms with Crippen LogP contribution in [0.1, 0.15) is 19.4 Å². The second kappa shape index (κ2) is 15.0. The lowest BCUT2D eigenvalue weighted by atomic mass is 9.98. The van der Waals surface area contributed by atoms with E-state index >= 15 is 0 Å². The third-order valence-electron chi connectivity index (χ3n) is 14.1. The molecule has 12 aromatic rings. The number of nitrogens with zero attached hydrogens (tertiary/aromatic N) is 6. The Labute approximate surface area is 388 Å². The van der Waals surface area contributed by atoms with E-state index in [0.717, 1.165) is 102 Å². The third-order valence-corrected chi connectivity index (χ3v) is 14.1. The molecule has 322 valence electrons. The molecule has 0 radical (unpaired) electrons. The smallest absolute Gasteiger partial charge is 0.137 e. The van der Waals surface area contributed by atoms with E-state index in [4.69, 9.17) is 9.72 Å². The Hall–Kier alpha value is -8.55. The van der Waals surface area contributed by atoms with Gasteiger partial charge < -0.3 is 23.7 Å². The fraction of sp³-hybridized carbons (Fsp3) is 0.0833.